The van der Waals surface area contributed by atoms with Gasteiger partial charge in [-0.1, -0.05) is 30.3 Å². The van der Waals surface area contributed by atoms with E-state index in [1.807, 2.05) is 0 Å². The summed E-state index contributed by atoms with van der Waals surface area (Å²) in [6.45, 7) is 0. The maximum Gasteiger partial charge on any atom is 0.0362 e. The van der Waals surface area contributed by atoms with Crippen LogP contribution in [0.15, 0.2) is 30.3 Å². The van der Waals surface area contributed by atoms with Gasteiger partial charge in [0.2, 0.25) is 0 Å². The molecule has 5 rings (SSSR count). The first-order chi connectivity index (χ1) is 8.27. The lowest BCUT2D eigenvalue weighted by Gasteiger charge is -2.56. The molecule has 0 amide bonds. The van der Waals surface area contributed by atoms with E-state index in [2.05, 4.69) is 30.3 Å². The summed E-state index contributed by atoms with van der Waals surface area (Å²) in [5, 5.41) is 1.00. The number of benzene rings is 1. The molecule has 0 radical (unpaired) electrons. The van der Waals surface area contributed by atoms with Crippen molar-refractivity contribution in [2.24, 2.45) is 5.92 Å². The highest BCUT2D eigenvalue weighted by Crippen LogP contribution is 2.57. The lowest BCUT2D eigenvalue weighted by Crippen LogP contribution is -2.55. The molecule has 2 aliphatic heterocycles. The zero-order chi connectivity index (χ0) is 11.5. The largest absolute Gasteiger partial charge is 0.259 e. The average Bonchev–Trinajstić information content (AvgIpc) is 2.36. The Labute approximate surface area is 105 Å². The van der Waals surface area contributed by atoms with Crippen LogP contribution in [0.2, 0.25) is 0 Å². The molecular weight excluding hydrogens is 228 g/mol. The van der Waals surface area contributed by atoms with Crippen LogP contribution in [-0.2, 0) is 16.2 Å². The van der Waals surface area contributed by atoms with Gasteiger partial charge >= 0.3 is 0 Å². The molecule has 2 heterocycles. The third-order valence-corrected chi connectivity index (χ3v) is 7.18. The summed E-state index contributed by atoms with van der Waals surface area (Å²) in [4.78, 5) is 0. The average molecular weight is 246 g/mol. The fourth-order valence-electron chi connectivity index (χ4n) is 4.62. The predicted molar refractivity (Wildman–Crippen MR) is 70.4 cm³/mol. The first-order valence-corrected chi connectivity index (χ1v) is 7.99. The van der Waals surface area contributed by atoms with E-state index in [9.17, 15) is 4.21 Å². The van der Waals surface area contributed by atoms with Crippen molar-refractivity contribution < 1.29 is 4.21 Å². The number of rotatable bonds is 1. The number of hydrogen-bond donors (Lipinski definition) is 0. The van der Waals surface area contributed by atoms with Crippen LogP contribution in [0.1, 0.15) is 37.7 Å². The van der Waals surface area contributed by atoms with E-state index in [0.29, 0.717) is 15.9 Å². The summed E-state index contributed by atoms with van der Waals surface area (Å²) in [5.74, 6) is 0.852. The van der Waals surface area contributed by atoms with Gasteiger partial charge < -0.3 is 0 Å². The molecule has 4 bridgehead atoms. The SMILES string of the molecule is O=S1[C@@H]2CC3C[C@H]1CC(c1ccccc1)(C3)C2. The predicted octanol–water partition coefficient (Wildman–Crippen LogP) is 3.02. The topological polar surface area (TPSA) is 17.1 Å². The molecule has 1 aromatic rings. The molecule has 2 heteroatoms. The van der Waals surface area contributed by atoms with Gasteiger partial charge in [0.25, 0.3) is 0 Å². The van der Waals surface area contributed by atoms with Crippen LogP contribution in [0.5, 0.6) is 0 Å². The van der Waals surface area contributed by atoms with E-state index in [4.69, 9.17) is 0 Å². The molecule has 4 aliphatic rings. The Hall–Kier alpha value is -0.630. The van der Waals surface area contributed by atoms with E-state index in [1.165, 1.54) is 37.7 Å². The van der Waals surface area contributed by atoms with E-state index >= 15 is 0 Å². The van der Waals surface area contributed by atoms with Gasteiger partial charge in [-0.2, -0.15) is 0 Å². The Morgan fingerprint density at radius 1 is 1.00 bits per heavy atom. The van der Waals surface area contributed by atoms with Crippen molar-refractivity contribution in [3.8, 4) is 0 Å². The molecule has 0 spiro atoms. The van der Waals surface area contributed by atoms with Crippen LogP contribution in [0.4, 0.5) is 0 Å². The normalized spacial score (nSPS) is 47.3. The summed E-state index contributed by atoms with van der Waals surface area (Å²) in [5.41, 5.74) is 1.89. The van der Waals surface area contributed by atoms with Gasteiger partial charge in [-0.25, -0.2) is 0 Å². The van der Waals surface area contributed by atoms with E-state index in [-0.39, 0.29) is 0 Å². The van der Waals surface area contributed by atoms with Gasteiger partial charge in [0.05, 0.1) is 0 Å². The Balaban J connectivity index is 1.79. The molecule has 1 aromatic carbocycles. The van der Waals surface area contributed by atoms with E-state index in [0.717, 1.165) is 5.92 Å². The zero-order valence-electron chi connectivity index (χ0n) is 9.97. The van der Waals surface area contributed by atoms with Crippen molar-refractivity contribution in [1.29, 1.82) is 0 Å². The van der Waals surface area contributed by atoms with Crippen molar-refractivity contribution in [1.82, 2.24) is 0 Å². The maximum atomic E-state index is 12.3. The third-order valence-electron chi connectivity index (χ3n) is 5.15. The highest BCUT2D eigenvalue weighted by molar-refractivity contribution is 7.86. The highest BCUT2D eigenvalue weighted by Gasteiger charge is 2.55. The van der Waals surface area contributed by atoms with Crippen LogP contribution in [0.25, 0.3) is 0 Å². The van der Waals surface area contributed by atoms with E-state index < -0.39 is 10.8 Å². The molecule has 90 valence electrons. The molecule has 0 aromatic heterocycles. The van der Waals surface area contributed by atoms with Crippen molar-refractivity contribution in [2.45, 2.75) is 48.0 Å². The highest BCUT2D eigenvalue weighted by atomic mass is 32.2. The lowest BCUT2D eigenvalue weighted by molar-refractivity contribution is 0.139. The minimum absolute atomic E-state index is 0.381. The van der Waals surface area contributed by atoms with Crippen molar-refractivity contribution >= 4 is 10.8 Å². The Morgan fingerprint density at radius 3 is 2.29 bits per heavy atom. The summed E-state index contributed by atoms with van der Waals surface area (Å²) in [6.07, 6.45) is 6.17. The molecule has 1 nitrogen and oxygen atoms in total. The fraction of sp³-hybridized carbons (Fsp3) is 0.600. The fourth-order valence-corrected chi connectivity index (χ4v) is 7.05. The minimum Gasteiger partial charge on any atom is -0.259 e. The van der Waals surface area contributed by atoms with Crippen molar-refractivity contribution in [3.63, 3.8) is 0 Å². The van der Waals surface area contributed by atoms with Crippen molar-refractivity contribution in [3.05, 3.63) is 35.9 Å². The van der Waals surface area contributed by atoms with E-state index in [1.54, 1.807) is 0 Å². The maximum absolute atomic E-state index is 12.3. The van der Waals surface area contributed by atoms with Gasteiger partial charge in [-0.3, -0.25) is 4.21 Å². The Kier molecular flexibility index (Phi) is 2.09. The van der Waals surface area contributed by atoms with Gasteiger partial charge in [0.15, 0.2) is 0 Å². The van der Waals surface area contributed by atoms with Crippen molar-refractivity contribution in [2.75, 3.05) is 0 Å². The molecule has 0 N–H and O–H groups in total. The summed E-state index contributed by atoms with van der Waals surface area (Å²) >= 11 is 0. The first-order valence-electron chi connectivity index (χ1n) is 6.72. The number of hydrogen-bond acceptors (Lipinski definition) is 1. The third kappa shape index (κ3) is 1.40. The summed E-state index contributed by atoms with van der Waals surface area (Å²) in [7, 11) is -0.526. The monoisotopic (exact) mass is 246 g/mol. The Bertz CT molecular complexity index is 449. The van der Waals surface area contributed by atoms with Crippen LogP contribution in [-0.4, -0.2) is 14.7 Å². The second kappa shape index (κ2) is 3.44. The molecule has 2 saturated heterocycles. The molecular formula is C15H18OS. The van der Waals surface area contributed by atoms with Gasteiger partial charge in [-0.05, 0) is 49.0 Å². The van der Waals surface area contributed by atoms with Crippen LogP contribution < -0.4 is 0 Å². The van der Waals surface area contributed by atoms with Crippen LogP contribution in [0, 0.1) is 5.92 Å². The zero-order valence-corrected chi connectivity index (χ0v) is 10.8. The summed E-state index contributed by atoms with van der Waals surface area (Å²) < 4.78 is 12.3. The molecule has 3 unspecified atom stereocenters. The first kappa shape index (κ1) is 10.3. The second-order valence-electron chi connectivity index (χ2n) is 6.17. The molecule has 5 atom stereocenters. The smallest absolute Gasteiger partial charge is 0.0362 e. The van der Waals surface area contributed by atoms with Gasteiger partial charge in [0, 0.05) is 21.3 Å². The molecule has 2 saturated carbocycles. The molecule has 2 aliphatic carbocycles. The quantitative estimate of drug-likeness (QED) is 0.744. The second-order valence-corrected chi connectivity index (χ2v) is 8.16. The van der Waals surface area contributed by atoms with Crippen LogP contribution >= 0.6 is 0 Å². The lowest BCUT2D eigenvalue weighted by atomic mass is 9.58. The standard InChI is InChI=1S/C15H18OS/c16-17-13-6-11-7-14(17)10-15(8-11,9-13)12-4-2-1-3-5-12/h1-5,11,13-14H,6-10H2/t11?,13-,14+,15?,17?. The summed E-state index contributed by atoms with van der Waals surface area (Å²) in [6, 6.07) is 11.0. The van der Waals surface area contributed by atoms with Gasteiger partial charge in [-0.15, -0.1) is 0 Å². The molecule has 17 heavy (non-hydrogen) atoms. The molecule has 4 fully saturated rings. The van der Waals surface area contributed by atoms with Gasteiger partial charge in [0.1, 0.15) is 0 Å². The minimum atomic E-state index is -0.526. The van der Waals surface area contributed by atoms with Crippen LogP contribution in [0.3, 0.4) is 0 Å². The Morgan fingerprint density at radius 2 is 1.65 bits per heavy atom.